The first-order chi connectivity index (χ1) is 11.8. The first-order valence-electron chi connectivity index (χ1n) is 7.52. The van der Waals surface area contributed by atoms with Crippen molar-refractivity contribution in [1.29, 1.82) is 0 Å². The number of aromatic nitrogens is 1. The fourth-order valence-electron chi connectivity index (χ4n) is 2.36. The predicted octanol–water partition coefficient (Wildman–Crippen LogP) is 4.14. The Kier molecular flexibility index (Phi) is 4.57. The minimum absolute atomic E-state index is 0.233. The van der Waals surface area contributed by atoms with Crippen molar-refractivity contribution in [2.45, 2.75) is 25.7 Å². The smallest absolute Gasteiger partial charge is 0.263 e. The molecule has 0 aliphatic heterocycles. The largest absolute Gasteiger partial charge is 0.497 e. The SMILES string of the molecule is COc1ccc(NS(=O)(=O)c2cc(-c3onc(C)c3C)sc2C)cc1. The fourth-order valence-corrected chi connectivity index (χ4v) is 5.04. The summed E-state index contributed by atoms with van der Waals surface area (Å²) in [6.45, 7) is 5.53. The summed E-state index contributed by atoms with van der Waals surface area (Å²) in [7, 11) is -2.14. The van der Waals surface area contributed by atoms with Gasteiger partial charge in [0.25, 0.3) is 10.0 Å². The van der Waals surface area contributed by atoms with Crippen LogP contribution in [0.2, 0.25) is 0 Å². The predicted molar refractivity (Wildman–Crippen MR) is 97.8 cm³/mol. The molecule has 0 spiro atoms. The van der Waals surface area contributed by atoms with E-state index in [-0.39, 0.29) is 4.90 Å². The maximum absolute atomic E-state index is 12.7. The molecule has 0 bridgehead atoms. The van der Waals surface area contributed by atoms with Gasteiger partial charge in [0.1, 0.15) is 10.6 Å². The van der Waals surface area contributed by atoms with Crippen LogP contribution in [-0.2, 0) is 10.0 Å². The Balaban J connectivity index is 1.93. The Morgan fingerprint density at radius 2 is 1.84 bits per heavy atom. The summed E-state index contributed by atoms with van der Waals surface area (Å²) < 4.78 is 38.5. The third-order valence-electron chi connectivity index (χ3n) is 3.88. The molecule has 0 radical (unpaired) electrons. The Morgan fingerprint density at radius 1 is 1.16 bits per heavy atom. The molecule has 0 saturated carbocycles. The highest BCUT2D eigenvalue weighted by molar-refractivity contribution is 7.93. The van der Waals surface area contributed by atoms with Gasteiger partial charge in [-0.1, -0.05) is 5.16 Å². The molecule has 8 heteroatoms. The van der Waals surface area contributed by atoms with Gasteiger partial charge in [0.2, 0.25) is 0 Å². The minimum atomic E-state index is -3.70. The van der Waals surface area contributed by atoms with E-state index in [0.717, 1.165) is 16.1 Å². The van der Waals surface area contributed by atoms with Gasteiger partial charge in [-0.2, -0.15) is 0 Å². The van der Waals surface area contributed by atoms with Crippen LogP contribution < -0.4 is 9.46 Å². The van der Waals surface area contributed by atoms with Crippen molar-refractivity contribution in [3.63, 3.8) is 0 Å². The molecule has 6 nitrogen and oxygen atoms in total. The van der Waals surface area contributed by atoms with Crippen LogP contribution in [0.1, 0.15) is 16.1 Å². The maximum Gasteiger partial charge on any atom is 0.263 e. The average molecular weight is 378 g/mol. The normalized spacial score (nSPS) is 11.5. The quantitative estimate of drug-likeness (QED) is 0.722. The van der Waals surface area contributed by atoms with Crippen LogP contribution in [0.4, 0.5) is 5.69 Å². The monoisotopic (exact) mass is 378 g/mol. The molecule has 1 aromatic carbocycles. The second-order valence-electron chi connectivity index (χ2n) is 5.59. The molecule has 0 amide bonds. The first-order valence-corrected chi connectivity index (χ1v) is 9.82. The number of aryl methyl sites for hydroxylation is 2. The lowest BCUT2D eigenvalue weighted by Crippen LogP contribution is -2.13. The van der Waals surface area contributed by atoms with Crippen LogP contribution in [0.25, 0.3) is 10.6 Å². The standard InChI is InChI=1S/C17H18N2O4S2/c1-10-11(2)18-23-17(10)15-9-16(12(3)24-15)25(20,21)19-13-5-7-14(22-4)8-6-13/h5-9,19H,1-4H3. The van der Waals surface area contributed by atoms with Gasteiger partial charge >= 0.3 is 0 Å². The van der Waals surface area contributed by atoms with Crippen molar-refractivity contribution in [2.24, 2.45) is 0 Å². The molecule has 0 unspecified atom stereocenters. The topological polar surface area (TPSA) is 81.4 Å². The van der Waals surface area contributed by atoms with Crippen molar-refractivity contribution in [1.82, 2.24) is 5.16 Å². The molecular formula is C17H18N2O4S2. The summed E-state index contributed by atoms with van der Waals surface area (Å²) in [5.41, 5.74) is 2.18. The summed E-state index contributed by atoms with van der Waals surface area (Å²) in [6, 6.07) is 8.33. The number of methoxy groups -OCH3 is 1. The number of anilines is 1. The van der Waals surface area contributed by atoms with E-state index < -0.39 is 10.0 Å². The van der Waals surface area contributed by atoms with Gasteiger partial charge in [-0.3, -0.25) is 4.72 Å². The van der Waals surface area contributed by atoms with Crippen molar-refractivity contribution >= 4 is 27.0 Å². The van der Waals surface area contributed by atoms with E-state index >= 15 is 0 Å². The highest BCUT2D eigenvalue weighted by atomic mass is 32.2. The number of nitrogens with one attached hydrogen (secondary N) is 1. The Morgan fingerprint density at radius 3 is 2.40 bits per heavy atom. The van der Waals surface area contributed by atoms with Crippen LogP contribution in [0.5, 0.6) is 5.75 Å². The van der Waals surface area contributed by atoms with Crippen LogP contribution in [0, 0.1) is 20.8 Å². The van der Waals surface area contributed by atoms with Crippen molar-refractivity contribution < 1.29 is 17.7 Å². The van der Waals surface area contributed by atoms with Gasteiger partial charge < -0.3 is 9.26 Å². The Bertz CT molecular complexity index is 1000. The maximum atomic E-state index is 12.7. The van der Waals surface area contributed by atoms with E-state index in [1.807, 2.05) is 13.8 Å². The third kappa shape index (κ3) is 3.40. The average Bonchev–Trinajstić information content (AvgIpc) is 3.12. The van der Waals surface area contributed by atoms with Gasteiger partial charge in [-0.25, -0.2) is 8.42 Å². The van der Waals surface area contributed by atoms with Gasteiger partial charge in [0, 0.05) is 16.1 Å². The number of hydrogen-bond acceptors (Lipinski definition) is 6. The van der Waals surface area contributed by atoms with Crippen LogP contribution in [0.3, 0.4) is 0 Å². The number of rotatable bonds is 5. The van der Waals surface area contributed by atoms with Gasteiger partial charge in [-0.05, 0) is 51.1 Å². The molecule has 3 rings (SSSR count). The molecule has 132 valence electrons. The highest BCUT2D eigenvalue weighted by Gasteiger charge is 2.23. The molecule has 0 atom stereocenters. The molecule has 0 aliphatic carbocycles. The second kappa shape index (κ2) is 6.53. The van der Waals surface area contributed by atoms with E-state index in [2.05, 4.69) is 9.88 Å². The number of ether oxygens (including phenoxy) is 1. The van der Waals surface area contributed by atoms with Crippen molar-refractivity contribution in [3.05, 3.63) is 46.5 Å². The Hall–Kier alpha value is -2.32. The molecule has 0 saturated heterocycles. The number of sulfonamides is 1. The molecule has 25 heavy (non-hydrogen) atoms. The van der Waals surface area contributed by atoms with E-state index in [4.69, 9.17) is 9.26 Å². The molecule has 2 aromatic heterocycles. The zero-order valence-electron chi connectivity index (χ0n) is 14.3. The summed E-state index contributed by atoms with van der Waals surface area (Å²) in [5.74, 6) is 1.27. The summed E-state index contributed by atoms with van der Waals surface area (Å²) in [6.07, 6.45) is 0. The molecular weight excluding hydrogens is 360 g/mol. The van der Waals surface area contributed by atoms with Crippen LogP contribution in [-0.4, -0.2) is 20.7 Å². The molecule has 0 fully saturated rings. The first kappa shape index (κ1) is 17.5. The van der Waals surface area contributed by atoms with E-state index in [9.17, 15) is 8.42 Å². The minimum Gasteiger partial charge on any atom is -0.497 e. The fraction of sp³-hybridized carbons (Fsp3) is 0.235. The van der Waals surface area contributed by atoms with Gasteiger partial charge in [0.05, 0.1) is 17.7 Å². The molecule has 0 aliphatic rings. The summed E-state index contributed by atoms with van der Waals surface area (Å²) >= 11 is 1.37. The van der Waals surface area contributed by atoms with E-state index in [0.29, 0.717) is 22.1 Å². The zero-order valence-corrected chi connectivity index (χ0v) is 15.9. The third-order valence-corrected chi connectivity index (χ3v) is 6.57. The van der Waals surface area contributed by atoms with Crippen molar-refractivity contribution in [2.75, 3.05) is 11.8 Å². The zero-order chi connectivity index (χ0) is 18.2. The number of thiophene rings is 1. The van der Waals surface area contributed by atoms with Gasteiger partial charge in [0.15, 0.2) is 5.76 Å². The van der Waals surface area contributed by atoms with Crippen LogP contribution in [0.15, 0.2) is 39.8 Å². The lowest BCUT2D eigenvalue weighted by molar-refractivity contribution is 0.415. The summed E-state index contributed by atoms with van der Waals surface area (Å²) in [4.78, 5) is 1.66. The van der Waals surface area contributed by atoms with Crippen molar-refractivity contribution in [3.8, 4) is 16.4 Å². The Labute approximate surface area is 150 Å². The van der Waals surface area contributed by atoms with Crippen LogP contribution >= 0.6 is 11.3 Å². The van der Waals surface area contributed by atoms with E-state index in [1.54, 1.807) is 44.4 Å². The number of hydrogen-bond donors (Lipinski definition) is 1. The lowest BCUT2D eigenvalue weighted by Gasteiger charge is -2.08. The molecule has 1 N–H and O–H groups in total. The van der Waals surface area contributed by atoms with E-state index in [1.165, 1.54) is 11.3 Å². The second-order valence-corrected chi connectivity index (χ2v) is 8.49. The van der Waals surface area contributed by atoms with Gasteiger partial charge in [-0.15, -0.1) is 11.3 Å². The number of benzene rings is 1. The molecule has 2 heterocycles. The highest BCUT2D eigenvalue weighted by Crippen LogP contribution is 2.36. The summed E-state index contributed by atoms with van der Waals surface area (Å²) in [5, 5.41) is 3.93. The number of nitrogens with zero attached hydrogens (tertiary/aromatic N) is 1. The molecule has 3 aromatic rings. The lowest BCUT2D eigenvalue weighted by atomic mass is 10.2.